The molecule has 0 radical (unpaired) electrons. The second kappa shape index (κ2) is 10.4. The minimum Gasteiger partial charge on any atom is -0.491 e. The zero-order chi connectivity index (χ0) is 30.9. The molecule has 0 spiro atoms. The molecule has 2 N–H and O–H groups in total. The second-order valence-electron chi connectivity index (χ2n) is 10.8. The highest BCUT2D eigenvalue weighted by Gasteiger charge is 2.53. The lowest BCUT2D eigenvalue weighted by atomic mass is 9.76. The zero-order valence-electron chi connectivity index (χ0n) is 22.8. The summed E-state index contributed by atoms with van der Waals surface area (Å²) in [5, 5.41) is 22.7. The van der Waals surface area contributed by atoms with Crippen LogP contribution in [0.2, 0.25) is 5.02 Å². The summed E-state index contributed by atoms with van der Waals surface area (Å²) in [6, 6.07) is 6.33. The van der Waals surface area contributed by atoms with Crippen molar-refractivity contribution in [1.29, 1.82) is 10.5 Å². The number of nitrogen functional groups attached to an aromatic ring is 1. The number of rotatable bonds is 2. The number of thiophene rings is 1. The number of benzene rings is 2. The highest BCUT2D eigenvalue weighted by molar-refractivity contribution is 7.23. The first-order chi connectivity index (χ1) is 21.2. The number of hydrogen-bond donors (Lipinski definition) is 1. The van der Waals surface area contributed by atoms with Gasteiger partial charge in [0, 0.05) is 36.4 Å². The van der Waals surface area contributed by atoms with Crippen molar-refractivity contribution in [3.63, 3.8) is 0 Å². The van der Waals surface area contributed by atoms with Crippen molar-refractivity contribution in [3.05, 3.63) is 58.1 Å². The molecule has 222 valence electrons. The third-order valence-corrected chi connectivity index (χ3v) is 9.94. The van der Waals surface area contributed by atoms with E-state index in [9.17, 15) is 19.2 Å². The fourth-order valence-corrected chi connectivity index (χ4v) is 7.89. The maximum absolute atomic E-state index is 16.0. The molecule has 3 aliphatic rings. The first kappa shape index (κ1) is 28.0. The fourth-order valence-electron chi connectivity index (χ4n) is 6.59. The van der Waals surface area contributed by atoms with E-state index in [1.54, 1.807) is 9.80 Å². The number of carbonyl (C=O) groups excluding carboxylic acids is 2. The van der Waals surface area contributed by atoms with E-state index in [0.717, 1.165) is 28.2 Å². The number of nitriles is 2. The van der Waals surface area contributed by atoms with Gasteiger partial charge in [-0.05, 0) is 24.1 Å². The number of nitrogens with zero attached hydrogens (tertiary/aromatic N) is 7. The van der Waals surface area contributed by atoms with Gasteiger partial charge in [-0.3, -0.25) is 4.79 Å². The van der Waals surface area contributed by atoms with Gasteiger partial charge in [-0.2, -0.15) is 15.2 Å². The predicted molar refractivity (Wildman–Crippen MR) is 155 cm³/mol. The SMILES string of the molecule is N#CCc1ncn(C(=O)N2CC3CCN4C(=O)c5cc(F)c(-c6ccc(F)c7sc(N)c(C#N)c67)c(Cl)c5OCCC4C32)n1. The summed E-state index contributed by atoms with van der Waals surface area (Å²) in [6.45, 7) is 1.00. The van der Waals surface area contributed by atoms with Crippen LogP contribution in [0.4, 0.5) is 18.6 Å². The van der Waals surface area contributed by atoms with Crippen LogP contribution in [0.15, 0.2) is 24.5 Å². The van der Waals surface area contributed by atoms with Crippen LogP contribution in [-0.2, 0) is 6.42 Å². The van der Waals surface area contributed by atoms with E-state index in [2.05, 4.69) is 10.1 Å². The lowest BCUT2D eigenvalue weighted by Gasteiger charge is -2.57. The largest absolute Gasteiger partial charge is 0.491 e. The van der Waals surface area contributed by atoms with Crippen LogP contribution < -0.4 is 10.5 Å². The van der Waals surface area contributed by atoms with Crippen LogP contribution in [-0.4, -0.2) is 68.3 Å². The number of amides is 2. The highest BCUT2D eigenvalue weighted by Crippen LogP contribution is 2.48. The Morgan fingerprint density at radius 3 is 2.82 bits per heavy atom. The molecule has 15 heteroatoms. The van der Waals surface area contributed by atoms with E-state index in [4.69, 9.17) is 27.3 Å². The molecule has 0 bridgehead atoms. The molecule has 2 saturated heterocycles. The molecule has 0 saturated carbocycles. The molecule has 2 fully saturated rings. The summed E-state index contributed by atoms with van der Waals surface area (Å²) in [6.07, 6.45) is 2.26. The zero-order valence-corrected chi connectivity index (χ0v) is 24.3. The van der Waals surface area contributed by atoms with Crippen molar-refractivity contribution in [1.82, 2.24) is 24.6 Å². The second-order valence-corrected chi connectivity index (χ2v) is 12.2. The maximum Gasteiger partial charge on any atom is 0.346 e. The van der Waals surface area contributed by atoms with Gasteiger partial charge in [0.25, 0.3) is 5.91 Å². The van der Waals surface area contributed by atoms with E-state index in [0.29, 0.717) is 25.9 Å². The van der Waals surface area contributed by atoms with Gasteiger partial charge in [0.2, 0.25) is 0 Å². The summed E-state index contributed by atoms with van der Waals surface area (Å²) < 4.78 is 37.9. The number of hydrogen-bond acceptors (Lipinski definition) is 9. The topological polar surface area (TPSA) is 154 Å². The molecule has 3 atom stereocenters. The van der Waals surface area contributed by atoms with E-state index < -0.39 is 29.6 Å². The van der Waals surface area contributed by atoms with Crippen molar-refractivity contribution in [2.24, 2.45) is 5.92 Å². The van der Waals surface area contributed by atoms with Gasteiger partial charge < -0.3 is 20.3 Å². The minimum atomic E-state index is -0.848. The van der Waals surface area contributed by atoms with Crippen LogP contribution in [0.1, 0.15) is 34.6 Å². The maximum atomic E-state index is 16.0. The molecule has 44 heavy (non-hydrogen) atoms. The number of carbonyl (C=O) groups is 2. The van der Waals surface area contributed by atoms with Crippen LogP contribution >= 0.6 is 22.9 Å². The molecular weight excluding hydrogens is 614 g/mol. The van der Waals surface area contributed by atoms with Crippen LogP contribution in [0, 0.1) is 40.2 Å². The number of piperidine rings is 1. The average molecular weight is 635 g/mol. The minimum absolute atomic E-state index is 0.0104. The molecular formula is C29H21ClF2N8O3S. The number of aromatic nitrogens is 3. The number of halogens is 3. The van der Waals surface area contributed by atoms with Gasteiger partial charge in [0.1, 0.15) is 29.0 Å². The van der Waals surface area contributed by atoms with Gasteiger partial charge in [0.15, 0.2) is 11.6 Å². The van der Waals surface area contributed by atoms with Crippen molar-refractivity contribution in [2.75, 3.05) is 25.4 Å². The quantitative estimate of drug-likeness (QED) is 0.336. The van der Waals surface area contributed by atoms with Crippen molar-refractivity contribution < 1.29 is 23.1 Å². The molecule has 11 nitrogen and oxygen atoms in total. The van der Waals surface area contributed by atoms with Crippen molar-refractivity contribution in [3.8, 4) is 29.0 Å². The Bertz CT molecular complexity index is 1980. The van der Waals surface area contributed by atoms with E-state index in [-0.39, 0.29) is 78.9 Å². The standard InChI is InChI=1S/C29H21ClF2N8O3S/c30-23-22(14-1-2-17(31)26-21(14)16(10-34)27(35)44-26)18(32)9-15-25(23)43-8-5-19-24-13(4-7-38(19)28(15)41)11-39(24)29(42)40-12-36-20(37-40)3-6-33/h1-2,9,12-13,19,24H,3-5,7-8,11,35H2. The number of ether oxygens (including phenoxy) is 1. The molecule has 5 heterocycles. The summed E-state index contributed by atoms with van der Waals surface area (Å²) in [4.78, 5) is 34.6. The Kier molecular flexibility index (Phi) is 6.64. The van der Waals surface area contributed by atoms with Crippen molar-refractivity contribution >= 4 is 50.0 Å². The lowest BCUT2D eigenvalue weighted by Crippen LogP contribution is -2.71. The number of fused-ring (bicyclic) bond motifs is 5. The highest BCUT2D eigenvalue weighted by atomic mass is 35.5. The number of likely N-dealkylation sites (tertiary alicyclic amines) is 1. The molecule has 4 aromatic rings. The normalized spacial score (nSPS) is 20.8. The van der Waals surface area contributed by atoms with Gasteiger partial charge >= 0.3 is 6.03 Å². The third kappa shape index (κ3) is 4.09. The van der Waals surface area contributed by atoms with Crippen molar-refractivity contribution in [2.45, 2.75) is 31.3 Å². The summed E-state index contributed by atoms with van der Waals surface area (Å²) in [7, 11) is 0. The summed E-state index contributed by atoms with van der Waals surface area (Å²) in [5.41, 5.74) is 5.93. The Hall–Kier alpha value is -4.79. The Morgan fingerprint density at radius 2 is 2.05 bits per heavy atom. The molecule has 2 aromatic carbocycles. The number of nitrogens with two attached hydrogens (primary N) is 1. The van der Waals surface area contributed by atoms with Crippen LogP contribution in [0.5, 0.6) is 5.75 Å². The first-order valence-corrected chi connectivity index (χ1v) is 14.9. The molecule has 2 aromatic heterocycles. The van der Waals surface area contributed by atoms with Crippen LogP contribution in [0.25, 0.3) is 21.2 Å². The molecule has 3 unspecified atom stereocenters. The number of anilines is 1. The van der Waals surface area contributed by atoms with E-state index >= 15 is 4.39 Å². The predicted octanol–water partition coefficient (Wildman–Crippen LogP) is 4.58. The molecule has 2 amide bonds. The van der Waals surface area contributed by atoms with E-state index in [1.165, 1.54) is 12.4 Å². The summed E-state index contributed by atoms with van der Waals surface area (Å²) in [5.74, 6) is -1.57. The molecule has 0 aliphatic carbocycles. The smallest absolute Gasteiger partial charge is 0.346 e. The third-order valence-electron chi connectivity index (χ3n) is 8.55. The fraction of sp³-hybridized carbons (Fsp3) is 0.310. The Morgan fingerprint density at radius 1 is 1.23 bits per heavy atom. The van der Waals surface area contributed by atoms with Gasteiger partial charge in [0.05, 0.1) is 52.0 Å². The lowest BCUT2D eigenvalue weighted by molar-refractivity contribution is -0.0530. The van der Waals surface area contributed by atoms with Crippen LogP contribution in [0.3, 0.4) is 0 Å². The van der Waals surface area contributed by atoms with E-state index in [1.807, 2.05) is 12.1 Å². The first-order valence-electron chi connectivity index (χ1n) is 13.7. The monoisotopic (exact) mass is 634 g/mol. The molecule has 3 aliphatic heterocycles. The Labute approximate surface area is 257 Å². The summed E-state index contributed by atoms with van der Waals surface area (Å²) >= 11 is 7.65. The average Bonchev–Trinajstić information content (AvgIpc) is 3.59. The van der Waals surface area contributed by atoms with Gasteiger partial charge in [-0.1, -0.05) is 17.7 Å². The van der Waals surface area contributed by atoms with Gasteiger partial charge in [-0.25, -0.2) is 18.6 Å². The molecule has 7 rings (SSSR count). The van der Waals surface area contributed by atoms with Gasteiger partial charge in [-0.15, -0.1) is 16.4 Å². The Balaban J connectivity index is 1.24.